The Morgan fingerprint density at radius 1 is 1.13 bits per heavy atom. The van der Waals surface area contributed by atoms with Crippen LogP contribution in [0.25, 0.3) is 0 Å². The lowest BCUT2D eigenvalue weighted by atomic mass is 9.85. The number of aromatic nitrogens is 2. The highest BCUT2D eigenvalue weighted by Gasteiger charge is 2.27. The average Bonchev–Trinajstić information content (AvgIpc) is 2.76. The van der Waals surface area contributed by atoms with E-state index in [-0.39, 0.29) is 6.73 Å². The van der Waals surface area contributed by atoms with Crippen LogP contribution in [0.4, 0.5) is 0 Å². The predicted molar refractivity (Wildman–Crippen MR) is 123 cm³/mol. The summed E-state index contributed by atoms with van der Waals surface area (Å²) < 4.78 is 5.48. The molecular weight excluding hydrogens is 388 g/mol. The molecule has 6 nitrogen and oxygen atoms in total. The second-order valence-electron chi connectivity index (χ2n) is 9.22. The van der Waals surface area contributed by atoms with Gasteiger partial charge in [-0.25, -0.2) is 0 Å². The Morgan fingerprint density at radius 2 is 1.87 bits per heavy atom. The number of nitrogens with one attached hydrogen (secondary N) is 1. The summed E-state index contributed by atoms with van der Waals surface area (Å²) in [6.45, 7) is 11.3. The van der Waals surface area contributed by atoms with Crippen LogP contribution in [0, 0.1) is 19.8 Å². The summed E-state index contributed by atoms with van der Waals surface area (Å²) in [4.78, 5) is 12.1. The number of hydroxylamine groups is 1. The van der Waals surface area contributed by atoms with Gasteiger partial charge >= 0.3 is 0 Å². The van der Waals surface area contributed by atoms with Crippen LogP contribution in [0.5, 0.6) is 0 Å². The number of nitrogens with zero attached hydrogens (tertiary/aromatic N) is 3. The molecule has 2 heterocycles. The lowest BCUT2D eigenvalue weighted by Gasteiger charge is -2.37. The van der Waals surface area contributed by atoms with E-state index in [1.165, 1.54) is 22.4 Å². The van der Waals surface area contributed by atoms with Crippen molar-refractivity contribution in [3.05, 3.63) is 58.7 Å². The maximum atomic E-state index is 8.70. The van der Waals surface area contributed by atoms with E-state index in [0.29, 0.717) is 24.5 Å². The van der Waals surface area contributed by atoms with E-state index in [2.05, 4.69) is 50.2 Å². The molecule has 0 saturated heterocycles. The Morgan fingerprint density at radius 3 is 2.55 bits per heavy atom. The second-order valence-corrected chi connectivity index (χ2v) is 9.22. The number of pyridine rings is 2. The van der Waals surface area contributed by atoms with E-state index >= 15 is 0 Å². The zero-order valence-electron chi connectivity index (χ0n) is 19.5. The maximum Gasteiger partial charge on any atom is 0.119 e. The zero-order valence-corrected chi connectivity index (χ0v) is 19.5. The zero-order chi connectivity index (χ0) is 22.2. The van der Waals surface area contributed by atoms with Crippen molar-refractivity contribution < 1.29 is 9.94 Å². The van der Waals surface area contributed by atoms with Crippen LogP contribution in [0.3, 0.4) is 0 Å². The Labute approximate surface area is 187 Å². The Hall–Kier alpha value is -1.86. The number of rotatable bonds is 10. The lowest BCUT2D eigenvalue weighted by molar-refractivity contribution is -0.00214. The first-order valence-corrected chi connectivity index (χ1v) is 11.5. The highest BCUT2D eigenvalue weighted by molar-refractivity contribution is 5.25. The topological polar surface area (TPSA) is 70.5 Å². The SMILES string of the molecule is Cc1cnc(CN(Cc2ncccc2C(C)C)C2CCC(COCNO)CC2)c(C)c1. The first-order chi connectivity index (χ1) is 15.0. The van der Waals surface area contributed by atoms with Crippen molar-refractivity contribution in [2.45, 2.75) is 78.4 Å². The third-order valence-corrected chi connectivity index (χ3v) is 6.43. The minimum atomic E-state index is 0.197. The summed E-state index contributed by atoms with van der Waals surface area (Å²) >= 11 is 0. The van der Waals surface area contributed by atoms with E-state index < -0.39 is 0 Å². The minimum Gasteiger partial charge on any atom is -0.364 e. The summed E-state index contributed by atoms with van der Waals surface area (Å²) in [6, 6.07) is 6.99. The molecule has 31 heavy (non-hydrogen) atoms. The standard InChI is InChI=1S/C25H38N4O2/c1-18(2)23-6-5-11-26-25(23)15-29(14-24-20(4)12-19(3)13-27-24)22-9-7-21(8-10-22)16-31-17-28-30/h5-6,11-13,18,21-22,28,30H,7-10,14-17H2,1-4H3. The minimum absolute atomic E-state index is 0.197. The molecule has 0 atom stereocenters. The number of hydrogen-bond acceptors (Lipinski definition) is 6. The largest absolute Gasteiger partial charge is 0.364 e. The molecule has 0 aromatic carbocycles. The lowest BCUT2D eigenvalue weighted by Crippen LogP contribution is -2.38. The molecule has 1 aliphatic carbocycles. The van der Waals surface area contributed by atoms with Gasteiger partial charge in [0, 0.05) is 31.5 Å². The fourth-order valence-corrected chi connectivity index (χ4v) is 4.66. The molecule has 6 heteroatoms. The molecule has 0 aliphatic heterocycles. The van der Waals surface area contributed by atoms with Crippen molar-refractivity contribution in [3.8, 4) is 0 Å². The van der Waals surface area contributed by atoms with E-state index in [9.17, 15) is 0 Å². The van der Waals surface area contributed by atoms with Crippen molar-refractivity contribution in [2.75, 3.05) is 13.3 Å². The van der Waals surface area contributed by atoms with E-state index in [1.54, 1.807) is 0 Å². The molecule has 0 bridgehead atoms. The molecule has 1 saturated carbocycles. The van der Waals surface area contributed by atoms with Gasteiger partial charge in [-0.15, -0.1) is 0 Å². The summed E-state index contributed by atoms with van der Waals surface area (Å²) in [5, 5.41) is 8.70. The van der Waals surface area contributed by atoms with Crippen molar-refractivity contribution >= 4 is 0 Å². The molecule has 2 aromatic heterocycles. The summed E-state index contributed by atoms with van der Waals surface area (Å²) in [7, 11) is 0. The average molecular weight is 427 g/mol. The normalized spacial score (nSPS) is 19.3. The molecule has 0 amide bonds. The van der Waals surface area contributed by atoms with E-state index in [4.69, 9.17) is 19.9 Å². The van der Waals surface area contributed by atoms with Crippen LogP contribution in [0.15, 0.2) is 30.6 Å². The van der Waals surface area contributed by atoms with Gasteiger partial charge in [-0.1, -0.05) is 26.0 Å². The van der Waals surface area contributed by atoms with Gasteiger partial charge in [0.1, 0.15) is 6.73 Å². The molecule has 2 aromatic rings. The van der Waals surface area contributed by atoms with Crippen LogP contribution in [0.1, 0.15) is 73.5 Å². The highest BCUT2D eigenvalue weighted by atomic mass is 16.6. The van der Waals surface area contributed by atoms with Gasteiger partial charge in [-0.05, 0) is 74.1 Å². The molecule has 0 spiro atoms. The predicted octanol–water partition coefficient (Wildman–Crippen LogP) is 4.73. The second kappa shape index (κ2) is 11.7. The first kappa shape index (κ1) is 23.8. The quantitative estimate of drug-likeness (QED) is 0.325. The van der Waals surface area contributed by atoms with Crippen LogP contribution in [-0.4, -0.2) is 39.5 Å². The highest BCUT2D eigenvalue weighted by Crippen LogP contribution is 2.31. The molecule has 170 valence electrons. The number of hydrogen-bond donors (Lipinski definition) is 2. The van der Waals surface area contributed by atoms with Crippen LogP contribution in [-0.2, 0) is 17.8 Å². The van der Waals surface area contributed by atoms with Gasteiger partial charge in [-0.3, -0.25) is 14.9 Å². The fourth-order valence-electron chi connectivity index (χ4n) is 4.66. The first-order valence-electron chi connectivity index (χ1n) is 11.5. The number of ether oxygens (including phenoxy) is 1. The molecule has 1 fully saturated rings. The molecule has 2 N–H and O–H groups in total. The third kappa shape index (κ3) is 6.81. The molecule has 0 unspecified atom stereocenters. The Bertz CT molecular complexity index is 819. The molecule has 3 rings (SSSR count). The van der Waals surface area contributed by atoms with E-state index in [1.807, 2.05) is 18.5 Å². The van der Waals surface area contributed by atoms with Crippen molar-refractivity contribution in [2.24, 2.45) is 5.92 Å². The monoisotopic (exact) mass is 426 g/mol. The van der Waals surface area contributed by atoms with Crippen LogP contribution in [0.2, 0.25) is 0 Å². The van der Waals surface area contributed by atoms with Crippen molar-refractivity contribution in [1.82, 2.24) is 20.3 Å². The third-order valence-electron chi connectivity index (χ3n) is 6.43. The number of aryl methyl sites for hydroxylation is 2. The summed E-state index contributed by atoms with van der Waals surface area (Å²) in [5.41, 5.74) is 8.21. The van der Waals surface area contributed by atoms with Crippen LogP contribution >= 0.6 is 0 Å². The van der Waals surface area contributed by atoms with Gasteiger partial charge in [-0.2, -0.15) is 5.48 Å². The molecule has 1 aliphatic rings. The van der Waals surface area contributed by atoms with Crippen molar-refractivity contribution in [3.63, 3.8) is 0 Å². The van der Waals surface area contributed by atoms with Gasteiger partial charge in [0.05, 0.1) is 18.0 Å². The molecular formula is C25H38N4O2. The maximum absolute atomic E-state index is 8.70. The summed E-state index contributed by atoms with van der Waals surface area (Å²) in [6.07, 6.45) is 8.48. The Balaban J connectivity index is 1.75. The van der Waals surface area contributed by atoms with Gasteiger partial charge in [0.2, 0.25) is 0 Å². The molecule has 0 radical (unpaired) electrons. The van der Waals surface area contributed by atoms with Gasteiger partial charge in [0.25, 0.3) is 0 Å². The van der Waals surface area contributed by atoms with Crippen molar-refractivity contribution in [1.29, 1.82) is 0 Å². The van der Waals surface area contributed by atoms with Gasteiger partial charge in [0.15, 0.2) is 0 Å². The van der Waals surface area contributed by atoms with E-state index in [0.717, 1.165) is 44.5 Å². The smallest absolute Gasteiger partial charge is 0.119 e. The van der Waals surface area contributed by atoms with Crippen LogP contribution < -0.4 is 5.48 Å². The van der Waals surface area contributed by atoms with Gasteiger partial charge < -0.3 is 9.94 Å². The Kier molecular flexibility index (Phi) is 8.96. The summed E-state index contributed by atoms with van der Waals surface area (Å²) in [5.74, 6) is 1.02. The fraction of sp³-hybridized carbons (Fsp3) is 0.600.